The van der Waals surface area contributed by atoms with Crippen molar-refractivity contribution in [1.82, 2.24) is 14.6 Å². The highest BCUT2D eigenvalue weighted by atomic mass is 16.1. The van der Waals surface area contributed by atoms with Gasteiger partial charge >= 0.3 is 0 Å². The van der Waals surface area contributed by atoms with Crippen molar-refractivity contribution in [3.05, 3.63) is 24.2 Å². The standard InChI is InChI=1S/C14H19N5O/c1-10-8-12-14(16-4-7-19(12)17-10)18-5-2-11(3-6-18)9-13(15)20/h4,7-8,11H,2-3,5-6,9H2,1H3,(H2,15,20). The number of amides is 1. The number of nitrogens with two attached hydrogens (primary N) is 1. The number of primary amides is 1. The van der Waals surface area contributed by atoms with Crippen LogP contribution in [0, 0.1) is 12.8 Å². The molecule has 6 heteroatoms. The molecule has 3 heterocycles. The molecule has 2 aromatic heterocycles. The van der Waals surface area contributed by atoms with Gasteiger partial charge in [0.2, 0.25) is 5.91 Å². The van der Waals surface area contributed by atoms with E-state index in [9.17, 15) is 4.79 Å². The fraction of sp³-hybridized carbons (Fsp3) is 0.500. The molecule has 2 aromatic rings. The number of aryl methyl sites for hydroxylation is 1. The van der Waals surface area contributed by atoms with Crippen molar-refractivity contribution in [3.8, 4) is 0 Å². The summed E-state index contributed by atoms with van der Waals surface area (Å²) in [6.45, 7) is 3.81. The maximum atomic E-state index is 11.0. The Morgan fingerprint density at radius 1 is 1.45 bits per heavy atom. The van der Waals surface area contributed by atoms with Crippen LogP contribution in [0.25, 0.3) is 5.52 Å². The van der Waals surface area contributed by atoms with Crippen molar-refractivity contribution < 1.29 is 4.79 Å². The maximum Gasteiger partial charge on any atom is 0.217 e. The molecule has 0 unspecified atom stereocenters. The van der Waals surface area contributed by atoms with Crippen LogP contribution in [-0.2, 0) is 4.79 Å². The van der Waals surface area contributed by atoms with Gasteiger partial charge in [-0.1, -0.05) is 0 Å². The zero-order valence-corrected chi connectivity index (χ0v) is 11.6. The summed E-state index contributed by atoms with van der Waals surface area (Å²) in [5, 5.41) is 4.41. The number of anilines is 1. The van der Waals surface area contributed by atoms with Crippen LogP contribution in [0.4, 0.5) is 5.82 Å². The second-order valence-corrected chi connectivity index (χ2v) is 5.47. The molecule has 1 aliphatic heterocycles. The number of aromatic nitrogens is 3. The summed E-state index contributed by atoms with van der Waals surface area (Å²) in [4.78, 5) is 17.8. The van der Waals surface area contributed by atoms with Crippen LogP contribution in [0.5, 0.6) is 0 Å². The molecule has 0 spiro atoms. The van der Waals surface area contributed by atoms with E-state index in [-0.39, 0.29) is 5.91 Å². The van der Waals surface area contributed by atoms with Gasteiger partial charge in [0.05, 0.1) is 5.69 Å². The second-order valence-electron chi connectivity index (χ2n) is 5.47. The monoisotopic (exact) mass is 273 g/mol. The number of carbonyl (C=O) groups excluding carboxylic acids is 1. The predicted octanol–water partition coefficient (Wildman–Crippen LogP) is 1.13. The van der Waals surface area contributed by atoms with Crippen molar-refractivity contribution in [1.29, 1.82) is 0 Å². The summed E-state index contributed by atoms with van der Waals surface area (Å²) in [7, 11) is 0. The maximum absolute atomic E-state index is 11.0. The van der Waals surface area contributed by atoms with Gasteiger partial charge < -0.3 is 10.6 Å². The van der Waals surface area contributed by atoms with Crippen LogP contribution < -0.4 is 10.6 Å². The van der Waals surface area contributed by atoms with E-state index in [2.05, 4.69) is 21.0 Å². The molecule has 1 aliphatic rings. The largest absolute Gasteiger partial charge is 0.370 e. The molecule has 106 valence electrons. The normalized spacial score (nSPS) is 16.8. The van der Waals surface area contributed by atoms with E-state index in [0.717, 1.165) is 43.0 Å². The third kappa shape index (κ3) is 2.45. The molecule has 0 aliphatic carbocycles. The predicted molar refractivity (Wildman–Crippen MR) is 76.5 cm³/mol. The lowest BCUT2D eigenvalue weighted by molar-refractivity contribution is -0.119. The van der Waals surface area contributed by atoms with Crippen molar-refractivity contribution in [2.45, 2.75) is 26.2 Å². The van der Waals surface area contributed by atoms with Crippen LogP contribution in [0.1, 0.15) is 25.0 Å². The molecular weight excluding hydrogens is 254 g/mol. The first-order valence-corrected chi connectivity index (χ1v) is 6.98. The third-order valence-electron chi connectivity index (χ3n) is 3.90. The summed E-state index contributed by atoms with van der Waals surface area (Å²) >= 11 is 0. The zero-order chi connectivity index (χ0) is 14.1. The highest BCUT2D eigenvalue weighted by Crippen LogP contribution is 2.26. The van der Waals surface area contributed by atoms with Gasteiger partial charge in [0, 0.05) is 31.9 Å². The van der Waals surface area contributed by atoms with E-state index < -0.39 is 0 Å². The molecule has 2 N–H and O–H groups in total. The molecule has 0 bridgehead atoms. The Balaban J connectivity index is 1.78. The summed E-state index contributed by atoms with van der Waals surface area (Å²) in [6, 6.07) is 2.05. The molecule has 0 aromatic carbocycles. The minimum atomic E-state index is -0.199. The first-order chi connectivity index (χ1) is 9.63. The number of hydrogen-bond donors (Lipinski definition) is 1. The Bertz CT molecular complexity index is 628. The van der Waals surface area contributed by atoms with Gasteiger partial charge in [-0.3, -0.25) is 4.79 Å². The van der Waals surface area contributed by atoms with Gasteiger partial charge in [0.1, 0.15) is 5.52 Å². The number of piperidine rings is 1. The minimum absolute atomic E-state index is 0.199. The van der Waals surface area contributed by atoms with Crippen molar-refractivity contribution in [2.24, 2.45) is 11.7 Å². The van der Waals surface area contributed by atoms with Gasteiger partial charge in [0.15, 0.2) is 5.82 Å². The Morgan fingerprint density at radius 2 is 2.20 bits per heavy atom. The molecule has 0 atom stereocenters. The fourth-order valence-corrected chi connectivity index (χ4v) is 2.91. The van der Waals surface area contributed by atoms with E-state index >= 15 is 0 Å². The Morgan fingerprint density at radius 3 is 2.90 bits per heavy atom. The van der Waals surface area contributed by atoms with Gasteiger partial charge in [-0.2, -0.15) is 5.10 Å². The van der Waals surface area contributed by atoms with Gasteiger partial charge in [0.25, 0.3) is 0 Å². The molecule has 1 amide bonds. The lowest BCUT2D eigenvalue weighted by Crippen LogP contribution is -2.35. The number of hydrogen-bond acceptors (Lipinski definition) is 4. The highest BCUT2D eigenvalue weighted by Gasteiger charge is 2.23. The number of rotatable bonds is 3. The number of nitrogens with zero attached hydrogens (tertiary/aromatic N) is 4. The highest BCUT2D eigenvalue weighted by molar-refractivity contribution is 5.74. The smallest absolute Gasteiger partial charge is 0.217 e. The van der Waals surface area contributed by atoms with Crippen LogP contribution in [0.15, 0.2) is 18.5 Å². The quantitative estimate of drug-likeness (QED) is 0.909. The first-order valence-electron chi connectivity index (χ1n) is 6.98. The first kappa shape index (κ1) is 12.9. The third-order valence-corrected chi connectivity index (χ3v) is 3.90. The Kier molecular flexibility index (Phi) is 3.30. The topological polar surface area (TPSA) is 76.5 Å². The molecule has 20 heavy (non-hydrogen) atoms. The van der Waals surface area contributed by atoms with Gasteiger partial charge in [-0.15, -0.1) is 0 Å². The molecular formula is C14H19N5O. The SMILES string of the molecule is Cc1cc2c(N3CCC(CC(N)=O)CC3)nccn2n1. The number of fused-ring (bicyclic) bond motifs is 1. The summed E-state index contributed by atoms with van der Waals surface area (Å²) in [5.41, 5.74) is 7.30. The van der Waals surface area contributed by atoms with E-state index in [1.54, 1.807) is 6.20 Å². The second kappa shape index (κ2) is 5.11. The van der Waals surface area contributed by atoms with E-state index in [1.165, 1.54) is 0 Å². The van der Waals surface area contributed by atoms with Crippen LogP contribution in [-0.4, -0.2) is 33.6 Å². The van der Waals surface area contributed by atoms with Crippen molar-refractivity contribution in [3.63, 3.8) is 0 Å². The molecule has 3 rings (SSSR count). The molecule has 1 fully saturated rings. The fourth-order valence-electron chi connectivity index (χ4n) is 2.91. The summed E-state index contributed by atoms with van der Waals surface area (Å²) in [5.74, 6) is 1.19. The van der Waals surface area contributed by atoms with Gasteiger partial charge in [-0.05, 0) is 31.7 Å². The van der Waals surface area contributed by atoms with Crippen LogP contribution in [0.2, 0.25) is 0 Å². The summed E-state index contributed by atoms with van der Waals surface area (Å²) < 4.78 is 1.87. The van der Waals surface area contributed by atoms with E-state index in [0.29, 0.717) is 12.3 Å². The van der Waals surface area contributed by atoms with Crippen molar-refractivity contribution in [2.75, 3.05) is 18.0 Å². The number of carbonyl (C=O) groups is 1. The van der Waals surface area contributed by atoms with Crippen LogP contribution >= 0.6 is 0 Å². The van der Waals surface area contributed by atoms with E-state index in [1.807, 2.05) is 17.6 Å². The lowest BCUT2D eigenvalue weighted by atomic mass is 9.93. The Labute approximate surface area is 117 Å². The van der Waals surface area contributed by atoms with Crippen molar-refractivity contribution >= 4 is 17.2 Å². The zero-order valence-electron chi connectivity index (χ0n) is 11.6. The molecule has 1 saturated heterocycles. The minimum Gasteiger partial charge on any atom is -0.370 e. The lowest BCUT2D eigenvalue weighted by Gasteiger charge is -2.32. The van der Waals surface area contributed by atoms with Crippen LogP contribution in [0.3, 0.4) is 0 Å². The summed E-state index contributed by atoms with van der Waals surface area (Å²) in [6.07, 6.45) is 6.12. The molecule has 0 saturated carbocycles. The molecule has 6 nitrogen and oxygen atoms in total. The molecule has 0 radical (unpaired) electrons. The van der Waals surface area contributed by atoms with Gasteiger partial charge in [-0.25, -0.2) is 9.50 Å². The Hall–Kier alpha value is -2.11. The average molecular weight is 273 g/mol. The average Bonchev–Trinajstić information content (AvgIpc) is 2.79. The van der Waals surface area contributed by atoms with E-state index in [4.69, 9.17) is 5.73 Å².